The van der Waals surface area contributed by atoms with Crippen molar-refractivity contribution >= 4 is 59.7 Å². The average molecular weight is 756 g/mol. The second-order valence-electron chi connectivity index (χ2n) is 11.8. The van der Waals surface area contributed by atoms with Gasteiger partial charge < -0.3 is 68.4 Å². The van der Waals surface area contributed by atoms with Gasteiger partial charge in [-0.1, -0.05) is 12.1 Å². The number of carbonyl (C=O) groups excluding carboxylic acids is 6. The van der Waals surface area contributed by atoms with Gasteiger partial charge in [0.25, 0.3) is 5.91 Å². The van der Waals surface area contributed by atoms with Crippen molar-refractivity contribution in [2.75, 3.05) is 6.54 Å². The summed E-state index contributed by atoms with van der Waals surface area (Å²) in [4.78, 5) is 122. The SMILES string of the molecule is [NH3+]CCCC[C@H](NC(=O)[C@H](Cc1ccc(O)cc1)NC(=O)[C@@H]([NH3+])CC(=O)O)C(=O)N[C@@H](CC(=O)O)C(=O)N[C@@H](CC(=O)O)C(=O)N[C@H](C=O)CC(=O)O. The van der Waals surface area contributed by atoms with Gasteiger partial charge in [0.2, 0.25) is 23.6 Å². The van der Waals surface area contributed by atoms with Crippen molar-refractivity contribution in [2.24, 2.45) is 0 Å². The number of aliphatic carboxylic acids is 4. The monoisotopic (exact) mass is 755 g/mol. The van der Waals surface area contributed by atoms with Gasteiger partial charge in [-0.25, -0.2) is 0 Å². The number of phenols is 1. The third kappa shape index (κ3) is 17.6. The van der Waals surface area contributed by atoms with Crippen LogP contribution in [0.5, 0.6) is 5.75 Å². The maximum atomic E-state index is 13.6. The van der Waals surface area contributed by atoms with Crippen LogP contribution in [0.25, 0.3) is 0 Å². The third-order valence-corrected chi connectivity index (χ3v) is 7.34. The van der Waals surface area contributed by atoms with Crippen LogP contribution < -0.4 is 38.1 Å². The molecule has 6 atom stereocenters. The Morgan fingerprint density at radius 1 is 0.585 bits per heavy atom. The molecule has 0 saturated carbocycles. The number of carboxylic acid groups (broad SMARTS) is 4. The normalized spacial score (nSPS) is 14.1. The molecular formula is C31H45N7O15+2. The molecule has 1 rings (SSSR count). The third-order valence-electron chi connectivity index (χ3n) is 7.34. The number of carbonyl (C=O) groups is 10. The van der Waals surface area contributed by atoms with Crippen LogP contribution in [0.15, 0.2) is 24.3 Å². The molecule has 0 fully saturated rings. The Hall–Kier alpha value is -6.16. The fourth-order valence-electron chi connectivity index (χ4n) is 4.65. The zero-order valence-corrected chi connectivity index (χ0v) is 28.4. The maximum absolute atomic E-state index is 13.6. The van der Waals surface area contributed by atoms with Crippen molar-refractivity contribution in [2.45, 2.75) is 87.6 Å². The summed E-state index contributed by atoms with van der Waals surface area (Å²) >= 11 is 0. The van der Waals surface area contributed by atoms with Crippen molar-refractivity contribution < 1.29 is 84.9 Å². The molecule has 1 aromatic carbocycles. The van der Waals surface area contributed by atoms with Gasteiger partial charge in [0.05, 0.1) is 31.8 Å². The van der Waals surface area contributed by atoms with E-state index in [-0.39, 0.29) is 31.3 Å². The van der Waals surface area contributed by atoms with Gasteiger partial charge in [-0.15, -0.1) is 0 Å². The summed E-state index contributed by atoms with van der Waals surface area (Å²) in [6.07, 6.45) is -3.23. The zero-order chi connectivity index (χ0) is 40.2. The summed E-state index contributed by atoms with van der Waals surface area (Å²) in [7, 11) is 0. The molecule has 16 N–H and O–H groups in total. The lowest BCUT2D eigenvalue weighted by atomic mass is 10.0. The molecule has 22 nitrogen and oxygen atoms in total. The number of hydrogen-bond acceptors (Lipinski definition) is 11. The summed E-state index contributed by atoms with van der Waals surface area (Å²) in [5, 5.41) is 57.3. The van der Waals surface area contributed by atoms with Crippen LogP contribution >= 0.6 is 0 Å². The Labute approximate surface area is 301 Å². The number of aldehydes is 1. The smallest absolute Gasteiger partial charge is 0.309 e. The molecule has 0 bridgehead atoms. The molecule has 1 aromatic rings. The summed E-state index contributed by atoms with van der Waals surface area (Å²) in [6.45, 7) is 0.421. The minimum absolute atomic E-state index is 0.0658. The highest BCUT2D eigenvalue weighted by molar-refractivity contribution is 5.98. The Morgan fingerprint density at radius 3 is 1.49 bits per heavy atom. The van der Waals surface area contributed by atoms with E-state index in [1.165, 1.54) is 24.3 Å². The van der Waals surface area contributed by atoms with Crippen LogP contribution in [-0.4, -0.2) is 128 Å². The van der Waals surface area contributed by atoms with Crippen LogP contribution in [0.1, 0.15) is 50.5 Å². The number of unbranched alkanes of at least 4 members (excludes halogenated alkanes) is 1. The molecule has 0 unspecified atom stereocenters. The van der Waals surface area contributed by atoms with Crippen molar-refractivity contribution in [1.29, 1.82) is 0 Å². The first kappa shape index (κ1) is 44.9. The molecule has 0 aliphatic heterocycles. The quantitative estimate of drug-likeness (QED) is 0.0327. The van der Waals surface area contributed by atoms with E-state index in [9.17, 15) is 63.3 Å². The lowest BCUT2D eigenvalue weighted by Gasteiger charge is -2.26. The predicted molar refractivity (Wildman–Crippen MR) is 175 cm³/mol. The first-order valence-corrected chi connectivity index (χ1v) is 16.1. The molecule has 0 saturated heterocycles. The Kier molecular flexibility index (Phi) is 19.1. The molecule has 0 aliphatic rings. The van der Waals surface area contributed by atoms with Crippen LogP contribution in [-0.2, 0) is 54.4 Å². The van der Waals surface area contributed by atoms with Crippen molar-refractivity contribution in [1.82, 2.24) is 26.6 Å². The standard InChI is InChI=1S/C31H43N7O15/c32-8-2-1-3-19(35-30(52)20(9-15-4-6-17(40)7-5-15)36-27(49)18(33)11-24(43)44)28(50)37-22(13-26(47)48)31(53)38-21(12-25(45)46)29(51)34-16(14-39)10-23(41)42/h4-7,14,16,18-22,40H,1-3,8-13,32-33H2,(H,34,51)(H,35,52)(H,36,49)(H,37,50)(H,38,53)(H,41,42)(H,43,44)(H,45,46)(H,47,48)/p+2/t16-,18-,19-,20-,21-,22-/m0/s1. The van der Waals surface area contributed by atoms with E-state index in [2.05, 4.69) is 27.4 Å². The fraction of sp³-hybridized carbons (Fsp3) is 0.484. The highest BCUT2D eigenvalue weighted by Gasteiger charge is 2.34. The molecule has 0 aliphatic carbocycles. The lowest BCUT2D eigenvalue weighted by Crippen LogP contribution is -2.69. The summed E-state index contributed by atoms with van der Waals surface area (Å²) in [5.41, 5.74) is 7.62. The van der Waals surface area contributed by atoms with Gasteiger partial charge in [0.15, 0.2) is 6.04 Å². The van der Waals surface area contributed by atoms with Crippen molar-refractivity contribution in [3.63, 3.8) is 0 Å². The van der Waals surface area contributed by atoms with Gasteiger partial charge >= 0.3 is 23.9 Å². The first-order valence-electron chi connectivity index (χ1n) is 16.1. The summed E-state index contributed by atoms with van der Waals surface area (Å²) in [5.74, 6) is -11.8. The molecule has 292 valence electrons. The number of rotatable bonds is 25. The average Bonchev–Trinajstić information content (AvgIpc) is 3.06. The number of phenolic OH excluding ortho intramolecular Hbond substituents is 1. The number of hydrogen-bond donors (Lipinski definition) is 12. The number of carboxylic acids is 4. The van der Waals surface area contributed by atoms with Gasteiger partial charge in [-0.2, -0.15) is 0 Å². The maximum Gasteiger partial charge on any atom is 0.309 e. The number of nitrogens with one attached hydrogen (secondary N) is 5. The zero-order valence-electron chi connectivity index (χ0n) is 28.4. The minimum atomic E-state index is -1.97. The van der Waals surface area contributed by atoms with Gasteiger partial charge in [0, 0.05) is 6.42 Å². The van der Waals surface area contributed by atoms with Crippen molar-refractivity contribution in [3.05, 3.63) is 29.8 Å². The van der Waals surface area contributed by atoms with E-state index in [0.717, 1.165) is 0 Å². The first-order chi connectivity index (χ1) is 24.9. The van der Waals surface area contributed by atoms with Gasteiger partial charge in [0.1, 0.15) is 42.6 Å². The number of quaternary nitrogens is 2. The van der Waals surface area contributed by atoms with E-state index >= 15 is 0 Å². The Morgan fingerprint density at radius 2 is 1.02 bits per heavy atom. The second kappa shape index (κ2) is 22.6. The van der Waals surface area contributed by atoms with Crippen LogP contribution in [0.4, 0.5) is 0 Å². The molecule has 22 heteroatoms. The largest absolute Gasteiger partial charge is 0.508 e. The van der Waals surface area contributed by atoms with E-state index in [1.807, 2.05) is 10.6 Å². The predicted octanol–water partition coefficient (Wildman–Crippen LogP) is -5.52. The van der Waals surface area contributed by atoms with Gasteiger partial charge in [-0.05, 0) is 37.0 Å². The molecule has 53 heavy (non-hydrogen) atoms. The molecular weight excluding hydrogens is 710 g/mol. The number of aromatic hydroxyl groups is 1. The fourth-order valence-corrected chi connectivity index (χ4v) is 4.65. The Balaban J connectivity index is 3.35. The minimum Gasteiger partial charge on any atom is -0.508 e. The van der Waals surface area contributed by atoms with E-state index < -0.39 is 115 Å². The molecule has 5 amide bonds. The van der Waals surface area contributed by atoms with Crippen LogP contribution in [0.3, 0.4) is 0 Å². The van der Waals surface area contributed by atoms with E-state index in [4.69, 9.17) is 10.2 Å². The van der Waals surface area contributed by atoms with Crippen molar-refractivity contribution in [3.8, 4) is 5.75 Å². The highest BCUT2D eigenvalue weighted by atomic mass is 16.4. The van der Waals surface area contributed by atoms with Gasteiger partial charge in [-0.3, -0.25) is 43.2 Å². The van der Waals surface area contributed by atoms with E-state index in [1.54, 1.807) is 0 Å². The molecule has 0 radical (unpaired) electrons. The summed E-state index contributed by atoms with van der Waals surface area (Å²) < 4.78 is 0. The molecule has 0 aromatic heterocycles. The van der Waals surface area contributed by atoms with Crippen LogP contribution in [0.2, 0.25) is 0 Å². The number of amides is 5. The van der Waals surface area contributed by atoms with E-state index in [0.29, 0.717) is 18.5 Å². The van der Waals surface area contributed by atoms with Crippen LogP contribution in [0, 0.1) is 0 Å². The number of benzene rings is 1. The summed E-state index contributed by atoms with van der Waals surface area (Å²) in [6, 6.07) is -4.25. The topological polar surface area (TPSA) is 387 Å². The highest BCUT2D eigenvalue weighted by Crippen LogP contribution is 2.13. The molecule has 0 heterocycles. The molecule has 0 spiro atoms. The Bertz CT molecular complexity index is 1500. The second-order valence-corrected chi connectivity index (χ2v) is 11.8. The lowest BCUT2D eigenvalue weighted by molar-refractivity contribution is -0.403.